The lowest BCUT2D eigenvalue weighted by Crippen LogP contribution is -2.50. The van der Waals surface area contributed by atoms with Gasteiger partial charge in [0.25, 0.3) is 0 Å². The zero-order valence-electron chi connectivity index (χ0n) is 18.1. The predicted molar refractivity (Wildman–Crippen MR) is 117 cm³/mol. The van der Waals surface area contributed by atoms with E-state index in [-0.39, 0.29) is 11.3 Å². The fraction of sp³-hybridized carbons (Fsp3) is 0.435. The summed E-state index contributed by atoms with van der Waals surface area (Å²) in [7, 11) is -1.95. The van der Waals surface area contributed by atoms with Crippen molar-refractivity contribution in [1.82, 2.24) is 9.21 Å². The number of piperazine rings is 1. The van der Waals surface area contributed by atoms with Gasteiger partial charge < -0.3 is 9.64 Å². The third-order valence-electron chi connectivity index (χ3n) is 5.46. The molecule has 0 aliphatic carbocycles. The summed E-state index contributed by atoms with van der Waals surface area (Å²) in [6.45, 7) is 7.69. The Hall–Kier alpha value is -2.38. The molecule has 2 aromatic carbocycles. The van der Waals surface area contributed by atoms with Gasteiger partial charge in [-0.3, -0.25) is 4.79 Å². The van der Waals surface area contributed by atoms with Gasteiger partial charge in [0.2, 0.25) is 15.9 Å². The van der Waals surface area contributed by atoms with Crippen LogP contribution in [0.1, 0.15) is 31.9 Å². The Morgan fingerprint density at radius 1 is 0.933 bits per heavy atom. The van der Waals surface area contributed by atoms with Crippen molar-refractivity contribution < 1.29 is 17.9 Å². The van der Waals surface area contributed by atoms with Crippen molar-refractivity contribution in [3.63, 3.8) is 0 Å². The second-order valence-electron chi connectivity index (χ2n) is 8.58. The quantitative estimate of drug-likeness (QED) is 0.731. The summed E-state index contributed by atoms with van der Waals surface area (Å²) in [6, 6.07) is 14.5. The van der Waals surface area contributed by atoms with Gasteiger partial charge in [-0.1, -0.05) is 45.0 Å². The summed E-state index contributed by atoms with van der Waals surface area (Å²) in [5.74, 6) is 0.757. The van der Waals surface area contributed by atoms with Gasteiger partial charge in [0.05, 0.1) is 18.4 Å². The summed E-state index contributed by atoms with van der Waals surface area (Å²) in [6.07, 6.45) is 0.297. The molecule has 0 atom stereocenters. The Kier molecular flexibility index (Phi) is 6.53. The molecule has 1 amide bonds. The number of sulfonamides is 1. The first kappa shape index (κ1) is 22.3. The summed E-state index contributed by atoms with van der Waals surface area (Å²) >= 11 is 0. The lowest BCUT2D eigenvalue weighted by Gasteiger charge is -2.34. The second kappa shape index (κ2) is 8.78. The van der Waals surface area contributed by atoms with Crippen LogP contribution in [-0.4, -0.2) is 56.8 Å². The number of amides is 1. The third-order valence-corrected chi connectivity index (χ3v) is 7.38. The van der Waals surface area contributed by atoms with Gasteiger partial charge >= 0.3 is 0 Å². The van der Waals surface area contributed by atoms with Gasteiger partial charge in [0, 0.05) is 26.2 Å². The molecule has 0 radical (unpaired) electrons. The molecule has 1 fully saturated rings. The molecule has 3 rings (SSSR count). The molecule has 1 aliphatic rings. The van der Waals surface area contributed by atoms with E-state index in [0.29, 0.717) is 37.5 Å². The van der Waals surface area contributed by atoms with Crippen LogP contribution < -0.4 is 4.74 Å². The smallest absolute Gasteiger partial charge is 0.243 e. The number of carbonyl (C=O) groups excluding carboxylic acids is 1. The average molecular weight is 431 g/mol. The van der Waals surface area contributed by atoms with E-state index in [2.05, 4.69) is 20.8 Å². The first-order chi connectivity index (χ1) is 14.1. The molecule has 0 aromatic heterocycles. The SMILES string of the molecule is COc1ccc(CC(=O)N2CCN(S(=O)(=O)c3ccc(C(C)(C)C)cc3)CC2)cc1. The van der Waals surface area contributed by atoms with Crippen LogP contribution in [0.4, 0.5) is 0 Å². The van der Waals surface area contributed by atoms with E-state index < -0.39 is 10.0 Å². The zero-order chi connectivity index (χ0) is 21.9. The number of nitrogens with zero attached hydrogens (tertiary/aromatic N) is 2. The Morgan fingerprint density at radius 3 is 2.00 bits per heavy atom. The molecule has 0 bridgehead atoms. The fourth-order valence-electron chi connectivity index (χ4n) is 3.48. The molecule has 0 unspecified atom stereocenters. The molecule has 0 N–H and O–H groups in total. The van der Waals surface area contributed by atoms with Crippen molar-refractivity contribution in [3.05, 3.63) is 59.7 Å². The van der Waals surface area contributed by atoms with Crippen LogP contribution in [0, 0.1) is 0 Å². The van der Waals surface area contributed by atoms with Crippen LogP contribution in [0.2, 0.25) is 0 Å². The van der Waals surface area contributed by atoms with Crippen LogP contribution >= 0.6 is 0 Å². The second-order valence-corrected chi connectivity index (χ2v) is 10.5. The Balaban J connectivity index is 1.60. The van der Waals surface area contributed by atoms with Crippen molar-refractivity contribution in [1.29, 1.82) is 0 Å². The molecule has 1 aliphatic heterocycles. The largest absolute Gasteiger partial charge is 0.497 e. The van der Waals surface area contributed by atoms with Crippen molar-refractivity contribution in [2.75, 3.05) is 33.3 Å². The standard InChI is InChI=1S/C23H30N2O4S/c1-23(2,3)19-7-11-21(12-8-19)30(27,28)25-15-13-24(14-16-25)22(26)17-18-5-9-20(29-4)10-6-18/h5-12H,13-17H2,1-4H3. The summed E-state index contributed by atoms with van der Waals surface area (Å²) in [4.78, 5) is 14.6. The first-order valence-electron chi connectivity index (χ1n) is 10.1. The number of rotatable bonds is 5. The van der Waals surface area contributed by atoms with Crippen molar-refractivity contribution >= 4 is 15.9 Å². The number of carbonyl (C=O) groups is 1. The Labute approximate surface area is 179 Å². The first-order valence-corrected chi connectivity index (χ1v) is 11.6. The maximum absolute atomic E-state index is 13.0. The van der Waals surface area contributed by atoms with Crippen LogP contribution in [0.25, 0.3) is 0 Å². The average Bonchev–Trinajstić information content (AvgIpc) is 2.74. The highest BCUT2D eigenvalue weighted by molar-refractivity contribution is 7.89. The maximum atomic E-state index is 13.0. The monoisotopic (exact) mass is 430 g/mol. The van der Waals surface area contributed by atoms with Crippen LogP contribution in [0.15, 0.2) is 53.4 Å². The minimum absolute atomic E-state index is 0.00625. The van der Waals surface area contributed by atoms with E-state index >= 15 is 0 Å². The summed E-state index contributed by atoms with van der Waals surface area (Å²) < 4.78 is 32.6. The molecule has 1 heterocycles. The molecule has 1 saturated heterocycles. The van der Waals surface area contributed by atoms with Crippen molar-refractivity contribution in [2.45, 2.75) is 37.5 Å². The number of ether oxygens (including phenoxy) is 1. The number of benzene rings is 2. The third kappa shape index (κ3) is 5.02. The van der Waals surface area contributed by atoms with Gasteiger partial charge in [-0.2, -0.15) is 4.31 Å². The van der Waals surface area contributed by atoms with Gasteiger partial charge in [0.1, 0.15) is 5.75 Å². The normalized spacial score (nSPS) is 15.8. The van der Waals surface area contributed by atoms with Crippen molar-refractivity contribution in [3.8, 4) is 5.75 Å². The molecule has 2 aromatic rings. The zero-order valence-corrected chi connectivity index (χ0v) is 18.9. The molecule has 162 valence electrons. The lowest BCUT2D eigenvalue weighted by molar-refractivity contribution is -0.131. The minimum atomic E-state index is -3.56. The lowest BCUT2D eigenvalue weighted by atomic mass is 9.87. The highest BCUT2D eigenvalue weighted by atomic mass is 32.2. The predicted octanol–water partition coefficient (Wildman–Crippen LogP) is 3.07. The maximum Gasteiger partial charge on any atom is 0.243 e. The van der Waals surface area contributed by atoms with E-state index in [1.807, 2.05) is 36.4 Å². The molecule has 7 heteroatoms. The van der Waals surface area contributed by atoms with E-state index in [9.17, 15) is 13.2 Å². The van der Waals surface area contributed by atoms with Gasteiger partial charge in [0.15, 0.2) is 0 Å². The molecular formula is C23H30N2O4S. The van der Waals surface area contributed by atoms with Gasteiger partial charge in [-0.15, -0.1) is 0 Å². The van der Waals surface area contributed by atoms with E-state index in [4.69, 9.17) is 4.74 Å². The van der Waals surface area contributed by atoms with Crippen LogP contribution in [-0.2, 0) is 26.7 Å². The number of hydrogen-bond acceptors (Lipinski definition) is 4. The van der Waals surface area contributed by atoms with E-state index in [0.717, 1.165) is 16.9 Å². The molecule has 30 heavy (non-hydrogen) atoms. The number of methoxy groups -OCH3 is 1. The van der Waals surface area contributed by atoms with Gasteiger partial charge in [-0.25, -0.2) is 8.42 Å². The number of hydrogen-bond donors (Lipinski definition) is 0. The summed E-state index contributed by atoms with van der Waals surface area (Å²) in [5.41, 5.74) is 1.98. The van der Waals surface area contributed by atoms with Crippen molar-refractivity contribution in [2.24, 2.45) is 0 Å². The molecule has 6 nitrogen and oxygen atoms in total. The molecular weight excluding hydrogens is 400 g/mol. The Morgan fingerprint density at radius 2 is 1.50 bits per heavy atom. The van der Waals surface area contributed by atoms with E-state index in [1.165, 1.54) is 4.31 Å². The highest BCUT2D eigenvalue weighted by Gasteiger charge is 2.30. The van der Waals surface area contributed by atoms with Gasteiger partial charge in [-0.05, 0) is 40.8 Å². The topological polar surface area (TPSA) is 66.9 Å². The minimum Gasteiger partial charge on any atom is -0.497 e. The Bertz CT molecular complexity index is 969. The van der Waals surface area contributed by atoms with Crippen LogP contribution in [0.5, 0.6) is 5.75 Å². The van der Waals surface area contributed by atoms with Crippen LogP contribution in [0.3, 0.4) is 0 Å². The fourth-order valence-corrected chi connectivity index (χ4v) is 4.91. The summed E-state index contributed by atoms with van der Waals surface area (Å²) in [5, 5.41) is 0. The molecule has 0 saturated carbocycles. The van der Waals surface area contributed by atoms with E-state index in [1.54, 1.807) is 24.1 Å². The molecule has 0 spiro atoms. The highest BCUT2D eigenvalue weighted by Crippen LogP contribution is 2.25.